The molecule has 1 heterocycles. The molecule has 0 saturated carbocycles. The van der Waals surface area contributed by atoms with E-state index in [-0.39, 0.29) is 30.4 Å². The summed E-state index contributed by atoms with van der Waals surface area (Å²) in [4.78, 5) is 61.1. The number of nitrogens with one attached hydrogen (secondary N) is 2. The summed E-state index contributed by atoms with van der Waals surface area (Å²) >= 11 is 0. The molecule has 1 aliphatic heterocycles. The van der Waals surface area contributed by atoms with Gasteiger partial charge >= 0.3 is 5.97 Å². The predicted molar refractivity (Wildman–Crippen MR) is 114 cm³/mol. The second-order valence-corrected chi connectivity index (χ2v) is 7.84. The summed E-state index contributed by atoms with van der Waals surface area (Å²) in [6.07, 6.45) is 0.991. The number of rotatable bonds is 9. The fourth-order valence-corrected chi connectivity index (χ4v) is 3.46. The second-order valence-electron chi connectivity index (χ2n) is 7.84. The molecule has 0 unspecified atom stereocenters. The van der Waals surface area contributed by atoms with Crippen molar-refractivity contribution >= 4 is 35.1 Å². The zero-order valence-corrected chi connectivity index (χ0v) is 18.3. The number of hydrogen-bond acceptors (Lipinski definition) is 7. The van der Waals surface area contributed by atoms with Crippen LogP contribution in [0.4, 0.5) is 11.4 Å². The van der Waals surface area contributed by atoms with Gasteiger partial charge in [-0.3, -0.25) is 29.3 Å². The Hall–Kier alpha value is -3.50. The molecule has 3 amide bonds. The number of likely N-dealkylation sites (tertiary alicyclic amines) is 1. The zero-order valence-electron chi connectivity index (χ0n) is 18.3. The van der Waals surface area contributed by atoms with E-state index in [9.17, 15) is 29.3 Å². The van der Waals surface area contributed by atoms with Crippen molar-refractivity contribution in [2.75, 3.05) is 19.0 Å². The van der Waals surface area contributed by atoms with Crippen LogP contribution in [-0.2, 0) is 23.9 Å². The van der Waals surface area contributed by atoms with Gasteiger partial charge in [0.05, 0.1) is 18.5 Å². The molecule has 2 rings (SSSR count). The zero-order chi connectivity index (χ0) is 23.8. The van der Waals surface area contributed by atoms with E-state index < -0.39 is 34.8 Å². The lowest BCUT2D eigenvalue weighted by molar-refractivity contribution is -0.384. The molecule has 174 valence electrons. The number of hydrogen-bond donors (Lipinski definition) is 2. The van der Waals surface area contributed by atoms with E-state index in [1.54, 1.807) is 13.8 Å². The number of carbonyl (C=O) groups is 4. The van der Waals surface area contributed by atoms with Crippen LogP contribution in [-0.4, -0.2) is 59.3 Å². The lowest BCUT2D eigenvalue weighted by Crippen LogP contribution is -2.53. The highest BCUT2D eigenvalue weighted by Gasteiger charge is 2.36. The molecule has 32 heavy (non-hydrogen) atoms. The number of non-ortho nitro benzene ring substituents is 1. The highest BCUT2D eigenvalue weighted by atomic mass is 16.6. The Morgan fingerprint density at radius 2 is 1.84 bits per heavy atom. The molecular weight excluding hydrogens is 420 g/mol. The van der Waals surface area contributed by atoms with E-state index in [1.165, 1.54) is 36.3 Å². The highest BCUT2D eigenvalue weighted by molar-refractivity contribution is 5.98. The predicted octanol–water partition coefficient (Wildman–Crippen LogP) is 1.62. The number of carbonyl (C=O) groups excluding carboxylic acids is 4. The summed E-state index contributed by atoms with van der Waals surface area (Å²) < 4.78 is 4.54. The van der Waals surface area contributed by atoms with Crippen LogP contribution in [0.1, 0.15) is 39.5 Å². The van der Waals surface area contributed by atoms with Gasteiger partial charge in [0.1, 0.15) is 12.1 Å². The van der Waals surface area contributed by atoms with Crippen LogP contribution in [0.5, 0.6) is 0 Å². The lowest BCUT2D eigenvalue weighted by Gasteiger charge is -2.27. The van der Waals surface area contributed by atoms with Crippen molar-refractivity contribution in [3.8, 4) is 0 Å². The van der Waals surface area contributed by atoms with Gasteiger partial charge in [-0.25, -0.2) is 0 Å². The smallest absolute Gasteiger partial charge is 0.306 e. The Bertz CT molecular complexity index is 869. The van der Waals surface area contributed by atoms with Gasteiger partial charge in [0.15, 0.2) is 0 Å². The van der Waals surface area contributed by atoms with Crippen molar-refractivity contribution < 1.29 is 28.8 Å². The Labute approximate surface area is 185 Å². The maximum Gasteiger partial charge on any atom is 0.306 e. The number of esters is 1. The molecule has 11 heteroatoms. The van der Waals surface area contributed by atoms with Crippen molar-refractivity contribution in [2.24, 2.45) is 5.92 Å². The fourth-order valence-electron chi connectivity index (χ4n) is 3.46. The first-order valence-corrected chi connectivity index (χ1v) is 10.4. The van der Waals surface area contributed by atoms with Gasteiger partial charge in [0.2, 0.25) is 17.7 Å². The molecule has 11 nitrogen and oxygen atoms in total. The largest absolute Gasteiger partial charge is 0.469 e. The van der Waals surface area contributed by atoms with Crippen LogP contribution in [0.15, 0.2) is 24.3 Å². The third-order valence-electron chi connectivity index (χ3n) is 5.24. The second kappa shape index (κ2) is 11.2. The Kier molecular flexibility index (Phi) is 8.68. The highest BCUT2D eigenvalue weighted by Crippen LogP contribution is 2.20. The summed E-state index contributed by atoms with van der Waals surface area (Å²) in [7, 11) is 1.24. The van der Waals surface area contributed by atoms with Crippen LogP contribution in [0.25, 0.3) is 0 Å². The van der Waals surface area contributed by atoms with Gasteiger partial charge in [0, 0.05) is 30.8 Å². The van der Waals surface area contributed by atoms with Crippen LogP contribution < -0.4 is 10.6 Å². The molecule has 0 bridgehead atoms. The molecule has 0 spiro atoms. The first-order chi connectivity index (χ1) is 15.1. The summed E-state index contributed by atoms with van der Waals surface area (Å²) in [5.74, 6) is -1.97. The number of nitro groups is 1. The van der Waals surface area contributed by atoms with Gasteiger partial charge in [0.25, 0.3) is 5.69 Å². The van der Waals surface area contributed by atoms with Gasteiger partial charge < -0.3 is 20.3 Å². The van der Waals surface area contributed by atoms with Crippen molar-refractivity contribution in [1.29, 1.82) is 0 Å². The maximum atomic E-state index is 12.9. The normalized spacial score (nSPS) is 16.4. The number of nitrogens with zero attached hydrogens (tertiary/aromatic N) is 2. The van der Waals surface area contributed by atoms with E-state index in [0.717, 1.165) is 0 Å². The fraction of sp³-hybridized carbons (Fsp3) is 0.524. The minimum Gasteiger partial charge on any atom is -0.469 e. The van der Waals surface area contributed by atoms with Gasteiger partial charge in [-0.1, -0.05) is 13.8 Å². The van der Waals surface area contributed by atoms with Crippen LogP contribution in [0.2, 0.25) is 0 Å². The summed E-state index contributed by atoms with van der Waals surface area (Å²) in [6, 6.07) is 3.78. The molecule has 1 aromatic rings. The van der Waals surface area contributed by atoms with E-state index in [2.05, 4.69) is 15.4 Å². The maximum absolute atomic E-state index is 12.9. The Balaban J connectivity index is 2.02. The average molecular weight is 448 g/mol. The molecule has 2 atom stereocenters. The van der Waals surface area contributed by atoms with Gasteiger partial charge in [-0.15, -0.1) is 0 Å². The molecular formula is C21H28N4O7. The third kappa shape index (κ3) is 6.50. The van der Waals surface area contributed by atoms with E-state index in [1.807, 2.05) is 0 Å². The number of anilines is 1. The molecule has 0 aliphatic carbocycles. The molecule has 2 N–H and O–H groups in total. The monoisotopic (exact) mass is 448 g/mol. The Morgan fingerprint density at radius 1 is 1.19 bits per heavy atom. The number of ether oxygens (including phenoxy) is 1. The molecule has 0 radical (unpaired) electrons. The van der Waals surface area contributed by atoms with Crippen LogP contribution in [0.3, 0.4) is 0 Å². The first-order valence-electron chi connectivity index (χ1n) is 10.4. The molecule has 1 fully saturated rings. The molecule has 0 aromatic heterocycles. The standard InChI is InChI=1S/C21H28N4O7/c1-13(2)19(21(29)22-14-6-8-15(9-7-14)25(30)31)23-20(28)16-5-4-12-24(16)17(26)10-11-18(27)32-3/h6-9,13,16,19H,4-5,10-12H2,1-3H3,(H,22,29)(H,23,28)/t16-,19-/m0/s1. The first kappa shape index (κ1) is 24.8. The molecule has 1 saturated heterocycles. The summed E-state index contributed by atoms with van der Waals surface area (Å²) in [5.41, 5.74) is 0.260. The van der Waals surface area contributed by atoms with Crippen LogP contribution in [0, 0.1) is 16.0 Å². The summed E-state index contributed by atoms with van der Waals surface area (Å²) in [5, 5.41) is 16.1. The minimum atomic E-state index is -0.870. The van der Waals surface area contributed by atoms with Gasteiger partial charge in [-0.2, -0.15) is 0 Å². The van der Waals surface area contributed by atoms with E-state index in [4.69, 9.17) is 0 Å². The van der Waals surface area contributed by atoms with Crippen molar-refractivity contribution in [2.45, 2.75) is 51.6 Å². The van der Waals surface area contributed by atoms with Crippen molar-refractivity contribution in [3.63, 3.8) is 0 Å². The lowest BCUT2D eigenvalue weighted by atomic mass is 10.0. The summed E-state index contributed by atoms with van der Waals surface area (Å²) in [6.45, 7) is 3.95. The van der Waals surface area contributed by atoms with Crippen molar-refractivity contribution in [3.05, 3.63) is 34.4 Å². The quantitative estimate of drug-likeness (QED) is 0.331. The average Bonchev–Trinajstić information content (AvgIpc) is 3.25. The molecule has 1 aromatic carbocycles. The van der Waals surface area contributed by atoms with Crippen molar-refractivity contribution in [1.82, 2.24) is 10.2 Å². The SMILES string of the molecule is COC(=O)CCC(=O)N1CCC[C@H]1C(=O)N[C@H](C(=O)Nc1ccc([N+](=O)[O-])cc1)C(C)C. The number of amides is 3. The number of benzene rings is 1. The third-order valence-corrected chi connectivity index (χ3v) is 5.24. The minimum absolute atomic E-state index is 0.0509. The van der Waals surface area contributed by atoms with Gasteiger partial charge in [-0.05, 0) is 30.9 Å². The van der Waals surface area contributed by atoms with E-state index >= 15 is 0 Å². The Morgan fingerprint density at radius 3 is 2.41 bits per heavy atom. The van der Waals surface area contributed by atoms with Crippen LogP contribution >= 0.6 is 0 Å². The number of nitro benzene ring substituents is 1. The van der Waals surface area contributed by atoms with E-state index in [0.29, 0.717) is 25.1 Å². The molecule has 1 aliphatic rings. The topological polar surface area (TPSA) is 148 Å². The number of methoxy groups -OCH3 is 1.